The van der Waals surface area contributed by atoms with Crippen molar-refractivity contribution < 1.29 is 9.52 Å². The second-order valence-electron chi connectivity index (χ2n) is 4.35. The van der Waals surface area contributed by atoms with Crippen LogP contribution in [0.15, 0.2) is 32.4 Å². The van der Waals surface area contributed by atoms with Crippen LogP contribution in [0, 0.1) is 0 Å². The number of furan rings is 1. The van der Waals surface area contributed by atoms with Gasteiger partial charge in [0.1, 0.15) is 23.7 Å². The summed E-state index contributed by atoms with van der Waals surface area (Å²) in [6, 6.07) is 3.44. The number of nitrogens with one attached hydrogen (secondary N) is 1. The van der Waals surface area contributed by atoms with E-state index in [2.05, 4.69) is 9.97 Å². The summed E-state index contributed by atoms with van der Waals surface area (Å²) < 4.78 is 7.53. The van der Waals surface area contributed by atoms with Gasteiger partial charge in [-0.1, -0.05) is 0 Å². The van der Waals surface area contributed by atoms with E-state index in [4.69, 9.17) is 9.52 Å². The highest BCUT2D eigenvalue weighted by atomic mass is 16.3. The highest BCUT2D eigenvalue weighted by Gasteiger charge is 2.16. The lowest BCUT2D eigenvalue weighted by Gasteiger charge is -2.06. The molecule has 0 aliphatic rings. The van der Waals surface area contributed by atoms with Crippen LogP contribution in [0.2, 0.25) is 0 Å². The molecule has 104 valence electrons. The monoisotopic (exact) mass is 276 g/mol. The van der Waals surface area contributed by atoms with Crippen molar-refractivity contribution in [3.8, 4) is 0 Å². The number of fused-ring (bicyclic) bond motifs is 1. The summed E-state index contributed by atoms with van der Waals surface area (Å²) in [5.41, 5.74) is -0.580. The highest BCUT2D eigenvalue weighted by Crippen LogP contribution is 2.09. The molecule has 20 heavy (non-hydrogen) atoms. The number of aromatic amines is 1. The van der Waals surface area contributed by atoms with Crippen molar-refractivity contribution in [2.75, 3.05) is 0 Å². The summed E-state index contributed by atoms with van der Waals surface area (Å²) in [5, 5.41) is 9.11. The summed E-state index contributed by atoms with van der Waals surface area (Å²) in [6.07, 6.45) is 1.50. The van der Waals surface area contributed by atoms with Gasteiger partial charge in [0, 0.05) is 7.05 Å². The van der Waals surface area contributed by atoms with Crippen LogP contribution in [0.5, 0.6) is 0 Å². The van der Waals surface area contributed by atoms with Crippen molar-refractivity contribution in [3.05, 3.63) is 50.8 Å². The third kappa shape index (κ3) is 1.77. The Morgan fingerprint density at radius 1 is 1.45 bits per heavy atom. The second kappa shape index (κ2) is 4.49. The molecule has 2 N–H and O–H groups in total. The molecule has 3 aromatic rings. The Kier molecular flexibility index (Phi) is 2.79. The van der Waals surface area contributed by atoms with E-state index in [9.17, 15) is 9.59 Å². The Bertz CT molecular complexity index is 869. The maximum atomic E-state index is 12.2. The van der Waals surface area contributed by atoms with Crippen LogP contribution in [-0.2, 0) is 20.2 Å². The molecule has 0 spiro atoms. The minimum Gasteiger partial charge on any atom is -0.467 e. The molecule has 0 aromatic carbocycles. The highest BCUT2D eigenvalue weighted by molar-refractivity contribution is 5.69. The third-order valence-electron chi connectivity index (χ3n) is 3.07. The number of aromatic nitrogens is 4. The van der Waals surface area contributed by atoms with Gasteiger partial charge >= 0.3 is 5.69 Å². The number of aliphatic hydroxyl groups is 1. The van der Waals surface area contributed by atoms with Crippen LogP contribution in [0.3, 0.4) is 0 Å². The molecule has 0 bridgehead atoms. The molecule has 8 nitrogen and oxygen atoms in total. The van der Waals surface area contributed by atoms with Crippen molar-refractivity contribution in [2.24, 2.45) is 7.05 Å². The largest absolute Gasteiger partial charge is 0.467 e. The fourth-order valence-electron chi connectivity index (χ4n) is 2.06. The number of nitrogens with zero attached hydrogens (tertiary/aromatic N) is 3. The van der Waals surface area contributed by atoms with Crippen LogP contribution in [0.25, 0.3) is 11.2 Å². The van der Waals surface area contributed by atoms with Gasteiger partial charge in [0.15, 0.2) is 5.65 Å². The Balaban J connectivity index is 2.31. The van der Waals surface area contributed by atoms with Crippen LogP contribution >= 0.6 is 0 Å². The zero-order chi connectivity index (χ0) is 14.3. The van der Waals surface area contributed by atoms with Gasteiger partial charge in [-0.05, 0) is 12.1 Å². The summed E-state index contributed by atoms with van der Waals surface area (Å²) in [6.45, 7) is -0.182. The van der Waals surface area contributed by atoms with Crippen LogP contribution in [0.1, 0.15) is 11.6 Å². The van der Waals surface area contributed by atoms with E-state index in [0.29, 0.717) is 5.76 Å². The van der Waals surface area contributed by atoms with Gasteiger partial charge < -0.3 is 14.5 Å². The number of imidazole rings is 1. The third-order valence-corrected chi connectivity index (χ3v) is 3.07. The topological polar surface area (TPSA) is 106 Å². The Hall–Kier alpha value is -2.61. The summed E-state index contributed by atoms with van der Waals surface area (Å²) in [4.78, 5) is 31.0. The van der Waals surface area contributed by atoms with Gasteiger partial charge in [-0.25, -0.2) is 9.78 Å². The van der Waals surface area contributed by atoms with Gasteiger partial charge in [0.05, 0.1) is 12.8 Å². The quantitative estimate of drug-likeness (QED) is 0.674. The van der Waals surface area contributed by atoms with Gasteiger partial charge in [-0.15, -0.1) is 0 Å². The zero-order valence-electron chi connectivity index (χ0n) is 10.7. The fourth-order valence-corrected chi connectivity index (χ4v) is 2.06. The fraction of sp³-hybridized carbons (Fsp3) is 0.250. The van der Waals surface area contributed by atoms with Gasteiger partial charge in [0.25, 0.3) is 5.56 Å². The number of aliphatic hydroxyl groups excluding tert-OH is 1. The smallest absolute Gasteiger partial charge is 0.332 e. The first-order valence-corrected chi connectivity index (χ1v) is 5.93. The first-order chi connectivity index (χ1) is 9.61. The molecule has 0 aliphatic heterocycles. The molecular weight excluding hydrogens is 264 g/mol. The normalized spacial score (nSPS) is 11.3. The molecule has 3 heterocycles. The predicted molar refractivity (Wildman–Crippen MR) is 69.3 cm³/mol. The Labute approximate surface area is 111 Å². The van der Waals surface area contributed by atoms with Gasteiger partial charge in [0.2, 0.25) is 0 Å². The molecule has 0 radical (unpaired) electrons. The number of H-pyrrole nitrogens is 1. The lowest BCUT2D eigenvalue weighted by atomic mass is 10.4. The van der Waals surface area contributed by atoms with Crippen molar-refractivity contribution in [2.45, 2.75) is 13.2 Å². The summed E-state index contributed by atoms with van der Waals surface area (Å²) >= 11 is 0. The van der Waals surface area contributed by atoms with Crippen molar-refractivity contribution in [1.29, 1.82) is 0 Å². The van der Waals surface area contributed by atoms with Crippen molar-refractivity contribution in [1.82, 2.24) is 19.1 Å². The summed E-state index contributed by atoms with van der Waals surface area (Å²) in [7, 11) is 1.39. The van der Waals surface area contributed by atoms with Crippen LogP contribution in [-0.4, -0.2) is 24.2 Å². The Morgan fingerprint density at radius 3 is 2.90 bits per heavy atom. The van der Waals surface area contributed by atoms with E-state index >= 15 is 0 Å². The van der Waals surface area contributed by atoms with Crippen LogP contribution in [0.4, 0.5) is 0 Å². The maximum Gasteiger partial charge on any atom is 0.332 e. The van der Waals surface area contributed by atoms with Crippen molar-refractivity contribution in [3.63, 3.8) is 0 Å². The molecule has 0 unspecified atom stereocenters. The first kappa shape index (κ1) is 12.4. The SMILES string of the molecule is Cn1c(=O)c2[nH]c(CO)nc2n(Cc2ccco2)c1=O. The number of rotatable bonds is 3. The molecule has 3 aromatic heterocycles. The lowest BCUT2D eigenvalue weighted by Crippen LogP contribution is -2.38. The molecule has 0 fully saturated rings. The molecule has 0 saturated carbocycles. The maximum absolute atomic E-state index is 12.2. The zero-order valence-corrected chi connectivity index (χ0v) is 10.7. The average Bonchev–Trinajstić information content (AvgIpc) is 3.10. The molecular formula is C12H12N4O4. The van der Waals surface area contributed by atoms with E-state index < -0.39 is 11.2 Å². The summed E-state index contributed by atoms with van der Waals surface area (Å²) in [5.74, 6) is 0.802. The predicted octanol–water partition coefficient (Wildman–Crippen LogP) is -0.443. The lowest BCUT2D eigenvalue weighted by molar-refractivity contribution is 0.273. The van der Waals surface area contributed by atoms with E-state index in [1.165, 1.54) is 17.9 Å². The molecule has 0 amide bonds. The van der Waals surface area contributed by atoms with E-state index in [0.717, 1.165) is 4.57 Å². The molecule has 3 rings (SSSR count). The first-order valence-electron chi connectivity index (χ1n) is 5.93. The molecule has 0 saturated heterocycles. The number of hydrogen-bond donors (Lipinski definition) is 2. The standard InChI is InChI=1S/C12H12N4O4/c1-15-11(18)9-10(14-8(6-17)13-9)16(12(15)19)5-7-3-2-4-20-7/h2-4,17H,5-6H2,1H3,(H,13,14). The minimum atomic E-state index is -0.491. The second-order valence-corrected chi connectivity index (χ2v) is 4.35. The van der Waals surface area contributed by atoms with Gasteiger partial charge in [-0.3, -0.25) is 13.9 Å². The van der Waals surface area contributed by atoms with Gasteiger partial charge in [-0.2, -0.15) is 0 Å². The average molecular weight is 276 g/mol. The van der Waals surface area contributed by atoms with Crippen LogP contribution < -0.4 is 11.2 Å². The van der Waals surface area contributed by atoms with E-state index in [1.54, 1.807) is 12.1 Å². The van der Waals surface area contributed by atoms with E-state index in [-0.39, 0.29) is 30.1 Å². The van der Waals surface area contributed by atoms with E-state index in [1.807, 2.05) is 0 Å². The molecule has 0 aliphatic carbocycles. The van der Waals surface area contributed by atoms with Crippen molar-refractivity contribution >= 4 is 11.2 Å². The Morgan fingerprint density at radius 2 is 2.25 bits per heavy atom. The molecule has 8 heteroatoms. The number of hydrogen-bond acceptors (Lipinski definition) is 5. The molecule has 0 atom stereocenters. The minimum absolute atomic E-state index is 0.159.